The molecule has 0 unspecified atom stereocenters. The van der Waals surface area contributed by atoms with Crippen molar-refractivity contribution in [2.24, 2.45) is 11.8 Å². The fourth-order valence-corrected chi connectivity index (χ4v) is 3.78. The maximum Gasteiger partial charge on any atom is 0.261 e. The number of ketones is 1. The zero-order valence-electron chi connectivity index (χ0n) is 13.8. The van der Waals surface area contributed by atoms with E-state index in [1.54, 1.807) is 0 Å². The summed E-state index contributed by atoms with van der Waals surface area (Å²) >= 11 is 0. The average Bonchev–Trinajstić information content (AvgIpc) is 2.51. The Bertz CT molecular complexity index is 692. The van der Waals surface area contributed by atoms with Gasteiger partial charge < -0.3 is 10.3 Å². The normalized spacial score (nSPS) is 27.4. The van der Waals surface area contributed by atoms with Gasteiger partial charge in [0.1, 0.15) is 5.56 Å². The fraction of sp³-hybridized carbons (Fsp3) is 0.611. The van der Waals surface area contributed by atoms with Crippen molar-refractivity contribution in [2.45, 2.75) is 58.4 Å². The highest BCUT2D eigenvalue weighted by atomic mass is 16.2. The summed E-state index contributed by atoms with van der Waals surface area (Å²) in [4.78, 5) is 39.5. The molecule has 2 aliphatic carbocycles. The molecule has 3 rings (SSSR count). The summed E-state index contributed by atoms with van der Waals surface area (Å²) in [5.41, 5.74) is 0.838. The lowest BCUT2D eigenvalue weighted by Crippen LogP contribution is -2.45. The van der Waals surface area contributed by atoms with Gasteiger partial charge in [0.05, 0.1) is 0 Å². The van der Waals surface area contributed by atoms with E-state index in [1.165, 1.54) is 12.5 Å². The predicted molar refractivity (Wildman–Crippen MR) is 87.8 cm³/mol. The Labute approximate surface area is 135 Å². The molecule has 0 aromatic carbocycles. The molecule has 2 aliphatic rings. The zero-order chi connectivity index (χ0) is 16.6. The summed E-state index contributed by atoms with van der Waals surface area (Å²) in [5, 5.41) is 3.01. The lowest BCUT2D eigenvalue weighted by atomic mass is 9.78. The Hall–Kier alpha value is -1.91. The van der Waals surface area contributed by atoms with Crippen molar-refractivity contribution in [3.05, 3.63) is 33.2 Å². The lowest BCUT2D eigenvalue weighted by molar-refractivity contribution is 0.0889. The van der Waals surface area contributed by atoms with E-state index in [0.29, 0.717) is 35.9 Å². The Kier molecular flexibility index (Phi) is 4.37. The standard InChI is InChI=1S/C18H24N2O3/c1-10-5-3-6-14(11(10)2)19-17(22)13-9-12-15(20-18(13)23)7-4-8-16(12)21/h9-11,14H,3-8H2,1-2H3,(H,19,22)(H,20,23)/t10-,11+,14+/m1/s1. The Balaban J connectivity index is 1.84. The van der Waals surface area contributed by atoms with Crippen LogP contribution in [0.1, 0.15) is 72.4 Å². The summed E-state index contributed by atoms with van der Waals surface area (Å²) in [6.07, 6.45) is 5.15. The molecule has 3 atom stereocenters. The smallest absolute Gasteiger partial charge is 0.261 e. The number of aromatic nitrogens is 1. The third-order valence-electron chi connectivity index (χ3n) is 5.52. The van der Waals surface area contributed by atoms with Crippen molar-refractivity contribution in [2.75, 3.05) is 0 Å². The molecule has 124 valence electrons. The number of aryl methyl sites for hydroxylation is 1. The molecule has 1 aromatic rings. The monoisotopic (exact) mass is 316 g/mol. The van der Waals surface area contributed by atoms with E-state index in [-0.39, 0.29) is 23.3 Å². The molecular formula is C18H24N2O3. The Morgan fingerprint density at radius 2 is 1.96 bits per heavy atom. The highest BCUT2D eigenvalue weighted by Crippen LogP contribution is 2.29. The molecule has 1 saturated carbocycles. The number of pyridine rings is 1. The molecule has 0 bridgehead atoms. The van der Waals surface area contributed by atoms with Gasteiger partial charge in [0.25, 0.3) is 11.5 Å². The zero-order valence-corrected chi connectivity index (χ0v) is 13.8. The second-order valence-corrected chi connectivity index (χ2v) is 7.03. The van der Waals surface area contributed by atoms with Gasteiger partial charge in [-0.3, -0.25) is 14.4 Å². The van der Waals surface area contributed by atoms with Crippen molar-refractivity contribution >= 4 is 11.7 Å². The number of rotatable bonds is 2. The third kappa shape index (κ3) is 3.09. The van der Waals surface area contributed by atoms with E-state index in [9.17, 15) is 14.4 Å². The van der Waals surface area contributed by atoms with Crippen LogP contribution in [0, 0.1) is 11.8 Å². The van der Waals surface area contributed by atoms with Gasteiger partial charge >= 0.3 is 0 Å². The Morgan fingerprint density at radius 1 is 1.17 bits per heavy atom. The maximum atomic E-state index is 12.5. The van der Waals surface area contributed by atoms with Crippen LogP contribution in [0.15, 0.2) is 10.9 Å². The van der Waals surface area contributed by atoms with Crippen molar-refractivity contribution in [3.8, 4) is 0 Å². The largest absolute Gasteiger partial charge is 0.349 e. The summed E-state index contributed by atoms with van der Waals surface area (Å²) in [5.74, 6) is 0.609. The number of nitrogens with one attached hydrogen (secondary N) is 2. The van der Waals surface area contributed by atoms with Crippen LogP contribution in [0.2, 0.25) is 0 Å². The highest BCUT2D eigenvalue weighted by molar-refractivity contribution is 6.01. The number of fused-ring (bicyclic) bond motifs is 1. The fourth-order valence-electron chi connectivity index (χ4n) is 3.78. The van der Waals surface area contributed by atoms with E-state index in [2.05, 4.69) is 24.1 Å². The third-order valence-corrected chi connectivity index (χ3v) is 5.52. The van der Waals surface area contributed by atoms with Gasteiger partial charge in [0.2, 0.25) is 0 Å². The van der Waals surface area contributed by atoms with E-state index in [0.717, 1.165) is 19.3 Å². The minimum Gasteiger partial charge on any atom is -0.349 e. The molecule has 1 heterocycles. The van der Waals surface area contributed by atoms with Crippen molar-refractivity contribution in [1.82, 2.24) is 10.3 Å². The second kappa shape index (κ2) is 6.30. The quantitative estimate of drug-likeness (QED) is 0.879. The number of carbonyl (C=O) groups is 2. The molecule has 1 fully saturated rings. The minimum absolute atomic E-state index is 0.0104. The van der Waals surface area contributed by atoms with Crippen LogP contribution in [0.5, 0.6) is 0 Å². The van der Waals surface area contributed by atoms with Crippen LogP contribution in [-0.4, -0.2) is 22.7 Å². The van der Waals surface area contributed by atoms with Crippen molar-refractivity contribution in [3.63, 3.8) is 0 Å². The lowest BCUT2D eigenvalue weighted by Gasteiger charge is -2.34. The minimum atomic E-state index is -0.396. The summed E-state index contributed by atoms with van der Waals surface area (Å²) in [6.45, 7) is 4.35. The summed E-state index contributed by atoms with van der Waals surface area (Å²) in [7, 11) is 0. The first-order valence-corrected chi connectivity index (χ1v) is 8.57. The molecule has 2 N–H and O–H groups in total. The first kappa shape index (κ1) is 16.0. The Morgan fingerprint density at radius 3 is 2.74 bits per heavy atom. The number of hydrogen-bond acceptors (Lipinski definition) is 3. The number of aromatic amines is 1. The van der Waals surface area contributed by atoms with E-state index in [4.69, 9.17) is 0 Å². The van der Waals surface area contributed by atoms with Crippen LogP contribution in [0.25, 0.3) is 0 Å². The van der Waals surface area contributed by atoms with Gasteiger partial charge in [-0.2, -0.15) is 0 Å². The van der Waals surface area contributed by atoms with Crippen LogP contribution >= 0.6 is 0 Å². The van der Waals surface area contributed by atoms with E-state index < -0.39 is 5.56 Å². The van der Waals surface area contributed by atoms with Gasteiger partial charge in [-0.05, 0) is 37.2 Å². The molecule has 5 heteroatoms. The van der Waals surface area contributed by atoms with Crippen LogP contribution in [-0.2, 0) is 6.42 Å². The molecule has 0 spiro atoms. The molecular weight excluding hydrogens is 292 g/mol. The van der Waals surface area contributed by atoms with Crippen molar-refractivity contribution < 1.29 is 9.59 Å². The summed E-state index contributed by atoms with van der Waals surface area (Å²) < 4.78 is 0. The average molecular weight is 316 g/mol. The number of amides is 1. The highest BCUT2D eigenvalue weighted by Gasteiger charge is 2.29. The molecule has 23 heavy (non-hydrogen) atoms. The molecule has 0 saturated heterocycles. The maximum absolute atomic E-state index is 12.5. The first-order valence-electron chi connectivity index (χ1n) is 8.57. The predicted octanol–water partition coefficient (Wildman–Crippen LogP) is 2.45. The van der Waals surface area contributed by atoms with E-state index >= 15 is 0 Å². The molecule has 5 nitrogen and oxygen atoms in total. The topological polar surface area (TPSA) is 79.0 Å². The number of Topliss-reactive ketones (excluding diaryl/α,β-unsaturated/α-hetero) is 1. The van der Waals surface area contributed by atoms with Crippen LogP contribution < -0.4 is 10.9 Å². The number of carbonyl (C=O) groups excluding carboxylic acids is 2. The molecule has 1 amide bonds. The van der Waals surface area contributed by atoms with Crippen LogP contribution in [0.4, 0.5) is 0 Å². The number of H-pyrrole nitrogens is 1. The SMILES string of the molecule is C[C@H]1[C@H](C)CCC[C@@H]1NC(=O)c1cc2c([nH]c1=O)CCCC2=O. The molecule has 0 aliphatic heterocycles. The molecule has 1 aromatic heterocycles. The van der Waals surface area contributed by atoms with Crippen LogP contribution in [0.3, 0.4) is 0 Å². The van der Waals surface area contributed by atoms with Gasteiger partial charge in [0.15, 0.2) is 5.78 Å². The van der Waals surface area contributed by atoms with Gasteiger partial charge in [-0.1, -0.05) is 26.7 Å². The van der Waals surface area contributed by atoms with Gasteiger partial charge in [0, 0.05) is 23.7 Å². The summed E-state index contributed by atoms with van der Waals surface area (Å²) in [6, 6.07) is 1.58. The molecule has 0 radical (unpaired) electrons. The van der Waals surface area contributed by atoms with Gasteiger partial charge in [-0.25, -0.2) is 0 Å². The first-order chi connectivity index (χ1) is 11.0. The second-order valence-electron chi connectivity index (χ2n) is 7.03. The van der Waals surface area contributed by atoms with Crippen molar-refractivity contribution in [1.29, 1.82) is 0 Å². The van der Waals surface area contributed by atoms with Gasteiger partial charge in [-0.15, -0.1) is 0 Å². The van der Waals surface area contributed by atoms with E-state index in [1.807, 2.05) is 0 Å². The number of hydrogen-bond donors (Lipinski definition) is 2.